The second kappa shape index (κ2) is 22.4. The van der Waals surface area contributed by atoms with Crippen LogP contribution in [0.1, 0.15) is 22.3 Å². The molecular formula is C9H20O4. The van der Waals surface area contributed by atoms with Crippen molar-refractivity contribution >= 4 is 11.9 Å². The molecule has 0 aliphatic rings. The fourth-order valence-corrected chi connectivity index (χ4v) is 0. The lowest BCUT2D eigenvalue weighted by molar-refractivity contribution is -0.132. The Balaban J connectivity index is -0.0000000267. The smallest absolute Gasteiger partial charge is 0.327 e. The highest BCUT2D eigenvalue weighted by atomic mass is 16.4. The first-order valence-electron chi connectivity index (χ1n) is 2.25. The van der Waals surface area contributed by atoms with Crippen molar-refractivity contribution in [2.45, 2.75) is 22.3 Å². The molecule has 0 aromatic rings. The van der Waals surface area contributed by atoms with Gasteiger partial charge in [-0.3, -0.25) is 0 Å². The van der Waals surface area contributed by atoms with Crippen molar-refractivity contribution in [3.63, 3.8) is 0 Å². The molecule has 0 saturated heterocycles. The van der Waals surface area contributed by atoms with Crippen LogP contribution < -0.4 is 0 Å². The van der Waals surface area contributed by atoms with E-state index in [2.05, 4.69) is 13.2 Å². The van der Waals surface area contributed by atoms with Crippen LogP contribution in [-0.4, -0.2) is 22.2 Å². The van der Waals surface area contributed by atoms with E-state index in [4.69, 9.17) is 10.2 Å². The van der Waals surface area contributed by atoms with Gasteiger partial charge in [0.1, 0.15) is 0 Å². The van der Waals surface area contributed by atoms with Crippen LogP contribution in [0.25, 0.3) is 0 Å². The van der Waals surface area contributed by atoms with Crippen molar-refractivity contribution < 1.29 is 19.8 Å². The first-order chi connectivity index (χ1) is 4.54. The summed E-state index contributed by atoms with van der Waals surface area (Å²) < 4.78 is 0. The van der Waals surface area contributed by atoms with Gasteiger partial charge >= 0.3 is 11.9 Å². The normalized spacial score (nSPS) is 4.92. The molecule has 0 amide bonds. The topological polar surface area (TPSA) is 74.6 Å². The van der Waals surface area contributed by atoms with Gasteiger partial charge < -0.3 is 10.2 Å². The van der Waals surface area contributed by atoms with Gasteiger partial charge in [0.15, 0.2) is 0 Å². The van der Waals surface area contributed by atoms with E-state index in [-0.39, 0.29) is 22.3 Å². The van der Waals surface area contributed by atoms with E-state index in [0.29, 0.717) is 0 Å². The summed E-state index contributed by atoms with van der Waals surface area (Å²) in [5, 5.41) is 15.2. The van der Waals surface area contributed by atoms with E-state index >= 15 is 0 Å². The molecule has 0 saturated carbocycles. The van der Waals surface area contributed by atoms with Gasteiger partial charge in [0.2, 0.25) is 0 Å². The van der Waals surface area contributed by atoms with Crippen LogP contribution in [0.3, 0.4) is 0 Å². The second-order valence-electron chi connectivity index (χ2n) is 1.08. The summed E-state index contributed by atoms with van der Waals surface area (Å²) in [6.07, 6.45) is 1.67. The predicted octanol–water partition coefficient (Wildman–Crippen LogP) is 2.42. The number of hydrogen-bond donors (Lipinski definition) is 2. The lowest BCUT2D eigenvalue weighted by Gasteiger charge is -1.64. The SMILES string of the molecule is C.C.C.C=CC(=O)O.C=CC(=O)O. The number of aliphatic carboxylic acids is 2. The number of hydrogen-bond acceptors (Lipinski definition) is 2. The Hall–Kier alpha value is -1.58. The molecule has 0 heterocycles. The van der Waals surface area contributed by atoms with Crippen LogP contribution in [0.5, 0.6) is 0 Å². The lowest BCUT2D eigenvalue weighted by atomic mass is 10.7. The van der Waals surface area contributed by atoms with Gasteiger partial charge in [-0.05, 0) is 0 Å². The van der Waals surface area contributed by atoms with E-state index in [9.17, 15) is 9.59 Å². The van der Waals surface area contributed by atoms with Crippen LogP contribution in [0, 0.1) is 0 Å². The molecule has 0 aliphatic carbocycles. The average molecular weight is 192 g/mol. The highest BCUT2D eigenvalue weighted by Crippen LogP contribution is 1.55. The Morgan fingerprint density at radius 2 is 0.923 bits per heavy atom. The summed E-state index contributed by atoms with van der Waals surface area (Å²) >= 11 is 0. The van der Waals surface area contributed by atoms with E-state index < -0.39 is 11.9 Å². The van der Waals surface area contributed by atoms with Crippen LogP contribution in [-0.2, 0) is 9.59 Å². The van der Waals surface area contributed by atoms with Gasteiger partial charge in [-0.2, -0.15) is 0 Å². The molecule has 4 heteroatoms. The standard InChI is InChI=1S/2C3H4O2.3CH4/c2*1-2-3(4)5;;;/h2*2H,1H2,(H,4,5);3*1H4. The monoisotopic (exact) mass is 192 g/mol. The molecule has 0 fully saturated rings. The van der Waals surface area contributed by atoms with E-state index in [1.54, 1.807) is 0 Å². The molecule has 0 radical (unpaired) electrons. The third kappa shape index (κ3) is 126. The number of rotatable bonds is 2. The van der Waals surface area contributed by atoms with Crippen molar-refractivity contribution in [3.8, 4) is 0 Å². The van der Waals surface area contributed by atoms with Crippen LogP contribution in [0.15, 0.2) is 25.3 Å². The number of carboxylic acid groups (broad SMARTS) is 2. The molecule has 0 spiro atoms. The molecule has 2 N–H and O–H groups in total. The fourth-order valence-electron chi connectivity index (χ4n) is 0. The third-order valence-electron chi connectivity index (χ3n) is 0.349. The van der Waals surface area contributed by atoms with Crippen molar-refractivity contribution in [3.05, 3.63) is 25.3 Å². The van der Waals surface area contributed by atoms with Crippen LogP contribution >= 0.6 is 0 Å². The van der Waals surface area contributed by atoms with Crippen LogP contribution in [0.2, 0.25) is 0 Å². The zero-order valence-corrected chi connectivity index (χ0v) is 5.28. The second-order valence-corrected chi connectivity index (χ2v) is 1.08. The van der Waals surface area contributed by atoms with Crippen molar-refractivity contribution in [2.24, 2.45) is 0 Å². The maximum Gasteiger partial charge on any atom is 0.327 e. The molecule has 0 unspecified atom stereocenters. The van der Waals surface area contributed by atoms with Gasteiger partial charge in [-0.25, -0.2) is 9.59 Å². The molecule has 0 rings (SSSR count). The fraction of sp³-hybridized carbons (Fsp3) is 0.333. The Morgan fingerprint density at radius 1 is 0.846 bits per heavy atom. The number of carbonyl (C=O) groups is 2. The van der Waals surface area contributed by atoms with E-state index in [1.807, 2.05) is 0 Å². The Labute approximate surface area is 80.2 Å². The molecule has 0 aromatic carbocycles. The maximum absolute atomic E-state index is 9.25. The minimum atomic E-state index is -0.981. The first-order valence-corrected chi connectivity index (χ1v) is 2.25. The Morgan fingerprint density at radius 3 is 0.923 bits per heavy atom. The number of carboxylic acids is 2. The lowest BCUT2D eigenvalue weighted by Crippen LogP contribution is -1.82. The Bertz CT molecular complexity index is 132. The first kappa shape index (κ1) is 30.1. The minimum Gasteiger partial charge on any atom is -0.478 e. The molecule has 13 heavy (non-hydrogen) atoms. The van der Waals surface area contributed by atoms with Gasteiger partial charge in [0, 0.05) is 12.2 Å². The van der Waals surface area contributed by atoms with Gasteiger partial charge in [-0.1, -0.05) is 35.4 Å². The van der Waals surface area contributed by atoms with Gasteiger partial charge in [-0.15, -0.1) is 0 Å². The summed E-state index contributed by atoms with van der Waals surface area (Å²) in [6.45, 7) is 5.92. The minimum absolute atomic E-state index is 0. The molecule has 4 nitrogen and oxygen atoms in total. The predicted molar refractivity (Wildman–Crippen MR) is 55.9 cm³/mol. The summed E-state index contributed by atoms with van der Waals surface area (Å²) in [7, 11) is 0. The zero-order valence-electron chi connectivity index (χ0n) is 5.28. The molecule has 80 valence electrons. The van der Waals surface area contributed by atoms with Crippen molar-refractivity contribution in [1.29, 1.82) is 0 Å². The molecule has 0 bridgehead atoms. The Kier molecular flexibility index (Phi) is 51.9. The van der Waals surface area contributed by atoms with E-state index in [1.165, 1.54) is 0 Å². The largest absolute Gasteiger partial charge is 0.478 e. The van der Waals surface area contributed by atoms with Crippen molar-refractivity contribution in [1.82, 2.24) is 0 Å². The molecule has 0 aromatic heterocycles. The average Bonchev–Trinajstić information content (AvgIpc) is 1.89. The third-order valence-corrected chi connectivity index (χ3v) is 0.349. The van der Waals surface area contributed by atoms with Gasteiger partial charge in [0.05, 0.1) is 0 Å². The zero-order chi connectivity index (χ0) is 8.57. The molecule has 0 aliphatic heterocycles. The van der Waals surface area contributed by atoms with Crippen LogP contribution in [0.4, 0.5) is 0 Å². The molecular weight excluding hydrogens is 172 g/mol. The summed E-state index contributed by atoms with van der Waals surface area (Å²) in [6, 6.07) is 0. The molecule has 0 atom stereocenters. The van der Waals surface area contributed by atoms with Crippen molar-refractivity contribution in [2.75, 3.05) is 0 Å². The van der Waals surface area contributed by atoms with E-state index in [0.717, 1.165) is 12.2 Å². The summed E-state index contributed by atoms with van der Waals surface area (Å²) in [5.74, 6) is -1.96. The summed E-state index contributed by atoms with van der Waals surface area (Å²) in [4.78, 5) is 18.5. The summed E-state index contributed by atoms with van der Waals surface area (Å²) in [5.41, 5.74) is 0. The maximum atomic E-state index is 9.25. The quantitative estimate of drug-likeness (QED) is 0.659. The highest BCUT2D eigenvalue weighted by Gasteiger charge is 1.73. The van der Waals surface area contributed by atoms with Gasteiger partial charge in [0.25, 0.3) is 0 Å². The highest BCUT2D eigenvalue weighted by molar-refractivity contribution is 5.79.